The first-order chi connectivity index (χ1) is 8.56. The number of rotatable bonds is 6. The number of nitro groups is 1. The van der Waals surface area contributed by atoms with Crippen molar-refractivity contribution in [2.75, 3.05) is 13.2 Å². The topological polar surface area (TPSA) is 69.4 Å². The Morgan fingerprint density at radius 3 is 2.56 bits per heavy atom. The molecule has 18 heavy (non-hydrogen) atoms. The van der Waals surface area contributed by atoms with Crippen molar-refractivity contribution in [1.29, 1.82) is 0 Å². The largest absolute Gasteiger partial charge is 0.463 e. The molecule has 1 rings (SSSR count). The van der Waals surface area contributed by atoms with Gasteiger partial charge in [-0.2, -0.15) is 0 Å². The molecule has 0 aliphatic rings. The summed E-state index contributed by atoms with van der Waals surface area (Å²) in [5, 5.41) is 10.7. The summed E-state index contributed by atoms with van der Waals surface area (Å²) in [5.41, 5.74) is 0.798. The highest BCUT2D eigenvalue weighted by molar-refractivity contribution is 5.89. The molecule has 0 aliphatic heterocycles. The van der Waals surface area contributed by atoms with E-state index in [-0.39, 0.29) is 18.7 Å². The third kappa shape index (κ3) is 3.69. The summed E-state index contributed by atoms with van der Waals surface area (Å²) in [6.45, 7) is 5.15. The Hall–Kier alpha value is -2.17. The average molecular weight is 249 g/mol. The van der Waals surface area contributed by atoms with E-state index in [2.05, 4.69) is 6.58 Å². The van der Waals surface area contributed by atoms with Crippen molar-refractivity contribution in [3.8, 4) is 0 Å². The molecule has 0 fully saturated rings. The van der Waals surface area contributed by atoms with Crippen LogP contribution >= 0.6 is 0 Å². The molecule has 0 saturated heterocycles. The van der Waals surface area contributed by atoms with Crippen molar-refractivity contribution in [2.24, 2.45) is 0 Å². The smallest absolute Gasteiger partial charge is 0.334 e. The number of benzene rings is 1. The van der Waals surface area contributed by atoms with Gasteiger partial charge in [-0.05, 0) is 12.5 Å². The summed E-state index contributed by atoms with van der Waals surface area (Å²) in [5.74, 6) is -1.24. The number of carbonyl (C=O) groups is 1. The Balaban J connectivity index is 2.95. The first-order valence-corrected chi connectivity index (χ1v) is 5.59. The lowest BCUT2D eigenvalue weighted by molar-refractivity contribution is -0.481. The third-order valence-electron chi connectivity index (χ3n) is 2.49. The Kier molecular flexibility index (Phi) is 5.05. The summed E-state index contributed by atoms with van der Waals surface area (Å²) in [6.07, 6.45) is 0. The summed E-state index contributed by atoms with van der Waals surface area (Å²) >= 11 is 0. The van der Waals surface area contributed by atoms with Gasteiger partial charge in [0.15, 0.2) is 0 Å². The fourth-order valence-electron chi connectivity index (χ4n) is 1.62. The lowest BCUT2D eigenvalue weighted by Gasteiger charge is -2.14. The molecule has 96 valence electrons. The highest BCUT2D eigenvalue weighted by Crippen LogP contribution is 2.24. The lowest BCUT2D eigenvalue weighted by Crippen LogP contribution is -2.20. The maximum absolute atomic E-state index is 11.6. The number of hydrogen-bond acceptors (Lipinski definition) is 4. The van der Waals surface area contributed by atoms with Crippen molar-refractivity contribution in [2.45, 2.75) is 12.8 Å². The van der Waals surface area contributed by atoms with Crippen LogP contribution in [0.5, 0.6) is 0 Å². The minimum absolute atomic E-state index is 0.111. The van der Waals surface area contributed by atoms with Crippen LogP contribution in [-0.4, -0.2) is 24.0 Å². The fraction of sp³-hybridized carbons (Fsp3) is 0.308. The summed E-state index contributed by atoms with van der Waals surface area (Å²) in [7, 11) is 0. The van der Waals surface area contributed by atoms with E-state index in [1.54, 1.807) is 37.3 Å². The van der Waals surface area contributed by atoms with Crippen LogP contribution in [0, 0.1) is 10.1 Å². The molecular formula is C13H15NO4. The van der Waals surface area contributed by atoms with Gasteiger partial charge < -0.3 is 4.74 Å². The predicted molar refractivity (Wildman–Crippen MR) is 66.8 cm³/mol. The van der Waals surface area contributed by atoms with E-state index in [1.165, 1.54) is 0 Å². The first-order valence-electron chi connectivity index (χ1n) is 5.59. The standard InChI is InChI=1S/C13H15NO4/c1-3-18-13(15)10(2)12(9-14(16)17)11-7-5-4-6-8-11/h4-8,12H,2-3,9H2,1H3/t12-/m1/s1. The summed E-state index contributed by atoms with van der Waals surface area (Å²) in [6, 6.07) is 8.80. The number of carbonyl (C=O) groups excluding carboxylic acids is 1. The Bertz CT molecular complexity index is 442. The molecule has 1 aromatic carbocycles. The molecule has 0 amide bonds. The van der Waals surface area contributed by atoms with Gasteiger partial charge in [-0.15, -0.1) is 0 Å². The van der Waals surface area contributed by atoms with Crippen LogP contribution in [0.4, 0.5) is 0 Å². The molecule has 0 saturated carbocycles. The molecule has 0 N–H and O–H groups in total. The molecule has 0 aliphatic carbocycles. The number of nitrogens with zero attached hydrogens (tertiary/aromatic N) is 1. The second-order valence-corrected chi connectivity index (χ2v) is 3.72. The molecule has 0 unspecified atom stereocenters. The van der Waals surface area contributed by atoms with E-state index in [0.717, 1.165) is 0 Å². The summed E-state index contributed by atoms with van der Waals surface area (Å²) in [4.78, 5) is 21.8. The molecule has 5 nitrogen and oxygen atoms in total. The van der Waals surface area contributed by atoms with Crippen LogP contribution in [0.2, 0.25) is 0 Å². The Morgan fingerprint density at radius 2 is 2.06 bits per heavy atom. The SMILES string of the molecule is C=C(C(=O)OCC)[C@@H](C[N+](=O)[O-])c1ccccc1. The number of ether oxygens (including phenoxy) is 1. The Morgan fingerprint density at radius 1 is 1.44 bits per heavy atom. The molecule has 1 atom stereocenters. The van der Waals surface area contributed by atoms with E-state index in [9.17, 15) is 14.9 Å². The fourth-order valence-corrected chi connectivity index (χ4v) is 1.62. The minimum Gasteiger partial charge on any atom is -0.463 e. The second kappa shape index (κ2) is 6.54. The predicted octanol–water partition coefficient (Wildman–Crippen LogP) is 2.17. The van der Waals surface area contributed by atoms with Gasteiger partial charge in [-0.1, -0.05) is 36.9 Å². The maximum atomic E-state index is 11.6. The molecular weight excluding hydrogens is 234 g/mol. The average Bonchev–Trinajstić information content (AvgIpc) is 2.36. The van der Waals surface area contributed by atoms with Crippen molar-refractivity contribution in [3.63, 3.8) is 0 Å². The van der Waals surface area contributed by atoms with Crippen LogP contribution in [0.25, 0.3) is 0 Å². The zero-order valence-corrected chi connectivity index (χ0v) is 10.2. The van der Waals surface area contributed by atoms with E-state index in [0.29, 0.717) is 5.56 Å². The number of hydrogen-bond donors (Lipinski definition) is 0. The van der Waals surface area contributed by atoms with Gasteiger partial charge in [0, 0.05) is 10.5 Å². The quantitative estimate of drug-likeness (QED) is 0.335. The van der Waals surface area contributed by atoms with Crippen molar-refractivity contribution in [3.05, 3.63) is 58.2 Å². The second-order valence-electron chi connectivity index (χ2n) is 3.72. The number of esters is 1. The molecule has 0 spiro atoms. The molecule has 0 radical (unpaired) electrons. The van der Waals surface area contributed by atoms with Crippen LogP contribution in [-0.2, 0) is 9.53 Å². The highest BCUT2D eigenvalue weighted by atomic mass is 16.6. The van der Waals surface area contributed by atoms with Crippen molar-refractivity contribution in [1.82, 2.24) is 0 Å². The van der Waals surface area contributed by atoms with Crippen LogP contribution in [0.15, 0.2) is 42.5 Å². The normalized spacial score (nSPS) is 11.6. The molecule has 0 heterocycles. The molecule has 5 heteroatoms. The van der Waals surface area contributed by atoms with Gasteiger partial charge in [-0.3, -0.25) is 10.1 Å². The Labute approximate surface area is 105 Å². The van der Waals surface area contributed by atoms with Crippen LogP contribution < -0.4 is 0 Å². The van der Waals surface area contributed by atoms with Gasteiger partial charge >= 0.3 is 5.97 Å². The highest BCUT2D eigenvalue weighted by Gasteiger charge is 2.26. The third-order valence-corrected chi connectivity index (χ3v) is 2.49. The van der Waals surface area contributed by atoms with Gasteiger partial charge in [-0.25, -0.2) is 4.79 Å². The van der Waals surface area contributed by atoms with Gasteiger partial charge in [0.2, 0.25) is 6.54 Å². The monoisotopic (exact) mass is 249 g/mol. The zero-order chi connectivity index (χ0) is 13.5. The molecule has 1 aromatic rings. The van der Waals surface area contributed by atoms with Gasteiger partial charge in [0.05, 0.1) is 12.5 Å². The van der Waals surface area contributed by atoms with Crippen LogP contribution in [0.1, 0.15) is 18.4 Å². The van der Waals surface area contributed by atoms with E-state index < -0.39 is 16.8 Å². The lowest BCUT2D eigenvalue weighted by atomic mass is 9.92. The van der Waals surface area contributed by atoms with Crippen molar-refractivity contribution >= 4 is 5.97 Å². The maximum Gasteiger partial charge on any atom is 0.334 e. The van der Waals surface area contributed by atoms with Gasteiger partial charge in [0.25, 0.3) is 0 Å². The van der Waals surface area contributed by atoms with E-state index >= 15 is 0 Å². The van der Waals surface area contributed by atoms with Crippen molar-refractivity contribution < 1.29 is 14.5 Å². The zero-order valence-electron chi connectivity index (χ0n) is 10.2. The minimum atomic E-state index is -0.653. The van der Waals surface area contributed by atoms with E-state index in [1.807, 2.05) is 0 Å². The summed E-state index contributed by atoms with van der Waals surface area (Å²) < 4.78 is 4.83. The molecule has 0 bridgehead atoms. The molecule has 0 aromatic heterocycles. The van der Waals surface area contributed by atoms with E-state index in [4.69, 9.17) is 4.74 Å². The van der Waals surface area contributed by atoms with Gasteiger partial charge in [0.1, 0.15) is 0 Å². The first kappa shape index (κ1) is 13.9. The van der Waals surface area contributed by atoms with Crippen LogP contribution in [0.3, 0.4) is 0 Å².